The highest BCUT2D eigenvalue weighted by Gasteiger charge is 2.48. The van der Waals surface area contributed by atoms with Crippen LogP contribution in [0.25, 0.3) is 0 Å². The lowest BCUT2D eigenvalue weighted by atomic mass is 10.2. The molecule has 27 heavy (non-hydrogen) atoms. The first-order valence-electron chi connectivity index (χ1n) is 9.88. The van der Waals surface area contributed by atoms with Gasteiger partial charge in [0.05, 0.1) is 23.3 Å². The summed E-state index contributed by atoms with van der Waals surface area (Å²) in [6, 6.07) is 5.38. The highest BCUT2D eigenvalue weighted by atomic mass is 32.2. The van der Waals surface area contributed by atoms with Gasteiger partial charge in [-0.1, -0.05) is 0 Å². The number of ether oxygens (including phenoxy) is 1. The number of morpholine rings is 1. The molecule has 2 aliphatic rings. The van der Waals surface area contributed by atoms with Crippen LogP contribution in [0.15, 0.2) is 35.4 Å². The molecule has 0 atom stereocenters. The predicted octanol–water partition coefficient (Wildman–Crippen LogP) is 1.64. The number of benzene rings is 1. The fourth-order valence-electron chi connectivity index (χ4n) is 3.01. The van der Waals surface area contributed by atoms with Crippen molar-refractivity contribution in [1.82, 2.24) is 14.7 Å². The number of aromatic nitrogens is 2. The third-order valence-corrected chi connectivity index (χ3v) is 5.80. The summed E-state index contributed by atoms with van der Waals surface area (Å²) < 4.78 is 67.0. The van der Waals surface area contributed by atoms with Crippen LogP contribution < -0.4 is 14.9 Å². The summed E-state index contributed by atoms with van der Waals surface area (Å²) in [5.74, 6) is -0.197. The molecule has 1 spiro atoms. The number of nitrogens with zero attached hydrogens (tertiary/aromatic N) is 3. The third-order valence-electron chi connectivity index (χ3n) is 4.64. The largest absolute Gasteiger partial charge is 0.371 e. The van der Waals surface area contributed by atoms with Gasteiger partial charge in [-0.05, 0) is 44.1 Å². The van der Waals surface area contributed by atoms with E-state index in [1.807, 2.05) is 4.90 Å². The number of rotatable bonds is 5. The van der Waals surface area contributed by atoms with E-state index in [0.717, 1.165) is 19.0 Å². The highest BCUT2D eigenvalue weighted by Crippen LogP contribution is 2.42. The van der Waals surface area contributed by atoms with Crippen molar-refractivity contribution < 1.29 is 21.7 Å². The minimum Gasteiger partial charge on any atom is -0.371 e. The minimum atomic E-state index is -4.18. The number of nitrogens with one attached hydrogen (secondary N) is 2. The molecular formula is C17H20FN5O3S. The van der Waals surface area contributed by atoms with E-state index in [0.29, 0.717) is 25.4 Å². The molecule has 2 aromatic rings. The summed E-state index contributed by atoms with van der Waals surface area (Å²) in [7, 11) is -4.18. The van der Waals surface area contributed by atoms with Crippen LogP contribution >= 0.6 is 0 Å². The van der Waals surface area contributed by atoms with Crippen LogP contribution in [-0.4, -0.2) is 50.7 Å². The van der Waals surface area contributed by atoms with Crippen molar-refractivity contribution in [3.8, 4) is 0 Å². The zero-order valence-corrected chi connectivity index (χ0v) is 15.1. The summed E-state index contributed by atoms with van der Waals surface area (Å²) in [6.07, 6.45) is 2.99. The van der Waals surface area contributed by atoms with Gasteiger partial charge in [0.2, 0.25) is 16.0 Å². The highest BCUT2D eigenvalue weighted by molar-refractivity contribution is 7.89. The number of halogens is 1. The summed E-state index contributed by atoms with van der Waals surface area (Å²) in [4.78, 5) is 9.85. The van der Waals surface area contributed by atoms with Crippen molar-refractivity contribution in [3.05, 3.63) is 36.3 Å². The minimum absolute atomic E-state index is 0.152. The van der Waals surface area contributed by atoms with Gasteiger partial charge in [0, 0.05) is 22.9 Å². The Labute approximate surface area is 161 Å². The molecule has 2 fully saturated rings. The van der Waals surface area contributed by atoms with E-state index in [1.54, 1.807) is 4.72 Å². The van der Waals surface area contributed by atoms with Crippen molar-refractivity contribution in [1.29, 1.82) is 0 Å². The summed E-state index contributed by atoms with van der Waals surface area (Å²) in [5.41, 5.74) is 0.272. The van der Waals surface area contributed by atoms with Crippen LogP contribution in [0, 0.1) is 5.82 Å². The zero-order chi connectivity index (χ0) is 21.6. The Morgan fingerprint density at radius 1 is 1.33 bits per heavy atom. The molecule has 2 heterocycles. The van der Waals surface area contributed by atoms with Gasteiger partial charge in [0.25, 0.3) is 0 Å². The Bertz CT molecular complexity index is 1050. The van der Waals surface area contributed by atoms with E-state index in [2.05, 4.69) is 15.3 Å². The van der Waals surface area contributed by atoms with Gasteiger partial charge in [0.1, 0.15) is 0 Å². The molecule has 1 saturated carbocycles. The Morgan fingerprint density at radius 3 is 2.81 bits per heavy atom. The van der Waals surface area contributed by atoms with E-state index >= 15 is 0 Å². The van der Waals surface area contributed by atoms with Crippen LogP contribution in [0.1, 0.15) is 17.0 Å². The van der Waals surface area contributed by atoms with Gasteiger partial charge in [0.15, 0.2) is 11.6 Å². The van der Waals surface area contributed by atoms with E-state index in [-0.39, 0.29) is 22.3 Å². The van der Waals surface area contributed by atoms with Crippen molar-refractivity contribution in [2.45, 2.75) is 23.3 Å². The van der Waals surface area contributed by atoms with Crippen molar-refractivity contribution in [3.63, 3.8) is 0 Å². The maximum atomic E-state index is 14.3. The lowest BCUT2D eigenvalue weighted by Crippen LogP contribution is -2.44. The van der Waals surface area contributed by atoms with Crippen LogP contribution in [0.4, 0.5) is 21.8 Å². The molecule has 1 aromatic carbocycles. The molecule has 10 heteroatoms. The Kier molecular flexibility index (Phi) is 3.65. The molecule has 1 aromatic heterocycles. The maximum Gasteiger partial charge on any atom is 0.240 e. The number of hydrogen-bond acceptors (Lipinski definition) is 7. The molecule has 1 saturated heterocycles. The van der Waals surface area contributed by atoms with Gasteiger partial charge >= 0.3 is 0 Å². The fourth-order valence-corrected chi connectivity index (χ4v) is 3.63. The second-order valence-corrected chi connectivity index (χ2v) is 8.26. The van der Waals surface area contributed by atoms with E-state index < -0.39 is 22.8 Å². The molecule has 0 bridgehead atoms. The van der Waals surface area contributed by atoms with Crippen LogP contribution in [0.5, 0.6) is 0 Å². The molecule has 1 aliphatic carbocycles. The average Bonchev–Trinajstić information content (AvgIpc) is 3.40. The number of hydrogen-bond donors (Lipinski definition) is 2. The fraction of sp³-hybridized carbons (Fsp3) is 0.412. The van der Waals surface area contributed by atoms with Crippen molar-refractivity contribution in [2.75, 3.05) is 36.9 Å². The van der Waals surface area contributed by atoms with Crippen molar-refractivity contribution in [2.24, 2.45) is 0 Å². The SMILES string of the molecule is [2H]C([2H])([2H])NS(=O)(=O)c1ccc(Nc2ncc(F)c(N3CCOC4(CC4)C3)n2)cc1. The molecule has 0 radical (unpaired) electrons. The maximum absolute atomic E-state index is 14.3. The quantitative estimate of drug-likeness (QED) is 0.793. The number of anilines is 3. The topological polar surface area (TPSA) is 96.5 Å². The van der Waals surface area contributed by atoms with Crippen LogP contribution in [0.3, 0.4) is 0 Å². The van der Waals surface area contributed by atoms with E-state index in [1.165, 1.54) is 24.3 Å². The smallest absolute Gasteiger partial charge is 0.240 e. The summed E-state index contributed by atoms with van der Waals surface area (Å²) >= 11 is 0. The molecule has 144 valence electrons. The number of sulfonamides is 1. The second-order valence-electron chi connectivity index (χ2n) is 6.57. The standard InChI is InChI=1S/C17H20FN5O3S/c1-19-27(24,25)13-4-2-12(3-5-13)21-16-20-10-14(18)15(22-16)23-8-9-26-17(11-23)6-7-17/h2-5,10,19H,6-9,11H2,1H3,(H,20,21,22)/i1D3. The Balaban J connectivity index is 1.49. The lowest BCUT2D eigenvalue weighted by molar-refractivity contribution is 0.0201. The molecule has 2 N–H and O–H groups in total. The Morgan fingerprint density at radius 2 is 2.11 bits per heavy atom. The molecule has 4 rings (SSSR count). The van der Waals surface area contributed by atoms with Gasteiger partial charge in [-0.15, -0.1) is 0 Å². The summed E-state index contributed by atoms with van der Waals surface area (Å²) in [5, 5.41) is 2.90. The molecule has 8 nitrogen and oxygen atoms in total. The molecular weight excluding hydrogens is 373 g/mol. The molecule has 1 aliphatic heterocycles. The monoisotopic (exact) mass is 396 g/mol. The van der Waals surface area contributed by atoms with E-state index in [9.17, 15) is 12.8 Å². The lowest BCUT2D eigenvalue weighted by Gasteiger charge is -2.34. The third kappa shape index (κ3) is 3.73. The first kappa shape index (κ1) is 14.7. The van der Waals surface area contributed by atoms with Crippen LogP contribution in [-0.2, 0) is 14.8 Å². The first-order valence-corrected chi connectivity index (χ1v) is 9.86. The normalized spacial score (nSPS) is 20.6. The molecule has 0 amide bonds. The average molecular weight is 396 g/mol. The van der Waals surface area contributed by atoms with Gasteiger partial charge < -0.3 is 15.0 Å². The van der Waals surface area contributed by atoms with Crippen molar-refractivity contribution >= 4 is 27.5 Å². The van der Waals surface area contributed by atoms with Gasteiger partial charge in [-0.2, -0.15) is 4.98 Å². The van der Waals surface area contributed by atoms with Gasteiger partial charge in [-0.3, -0.25) is 0 Å². The second kappa shape index (κ2) is 6.70. The predicted molar refractivity (Wildman–Crippen MR) is 98.1 cm³/mol. The van der Waals surface area contributed by atoms with E-state index in [4.69, 9.17) is 8.85 Å². The summed E-state index contributed by atoms with van der Waals surface area (Å²) in [6.45, 7) is -1.22. The Hall–Kier alpha value is -2.30. The van der Waals surface area contributed by atoms with Crippen LogP contribution in [0.2, 0.25) is 0 Å². The zero-order valence-electron chi connectivity index (χ0n) is 17.3. The molecule has 0 unspecified atom stereocenters. The van der Waals surface area contributed by atoms with Gasteiger partial charge in [-0.25, -0.2) is 22.5 Å². The first-order chi connectivity index (χ1) is 14.1.